The van der Waals surface area contributed by atoms with Crippen molar-refractivity contribution < 1.29 is 14.3 Å². The van der Waals surface area contributed by atoms with E-state index in [4.69, 9.17) is 4.74 Å². The summed E-state index contributed by atoms with van der Waals surface area (Å²) in [4.78, 5) is 25.3. The molecule has 0 radical (unpaired) electrons. The summed E-state index contributed by atoms with van der Waals surface area (Å²) in [7, 11) is 1.60. The van der Waals surface area contributed by atoms with E-state index in [0.717, 1.165) is 12.8 Å². The number of amides is 2. The van der Waals surface area contributed by atoms with Crippen molar-refractivity contribution in [3.05, 3.63) is 0 Å². The number of methoxy groups -OCH3 is 1. The molecule has 16 heavy (non-hydrogen) atoms. The summed E-state index contributed by atoms with van der Waals surface area (Å²) in [6, 6.07) is -0.328. The van der Waals surface area contributed by atoms with Crippen LogP contribution in [-0.2, 0) is 14.3 Å². The van der Waals surface area contributed by atoms with Crippen molar-refractivity contribution in [3.8, 4) is 0 Å². The zero-order chi connectivity index (χ0) is 11.7. The van der Waals surface area contributed by atoms with E-state index in [-0.39, 0.29) is 30.4 Å². The minimum atomic E-state index is -0.291. The minimum Gasteiger partial charge on any atom is -0.383 e. The molecule has 0 aromatic heterocycles. The van der Waals surface area contributed by atoms with Crippen LogP contribution in [0.25, 0.3) is 0 Å². The van der Waals surface area contributed by atoms with Crippen LogP contribution in [0, 0.1) is 5.92 Å². The van der Waals surface area contributed by atoms with Gasteiger partial charge in [-0.1, -0.05) is 0 Å². The number of nitrogens with one attached hydrogen (secondary N) is 1. The Morgan fingerprint density at radius 2 is 2.19 bits per heavy atom. The molecule has 0 aromatic rings. The molecule has 90 valence electrons. The summed E-state index contributed by atoms with van der Waals surface area (Å²) in [6.45, 7) is 2.53. The minimum absolute atomic E-state index is 0.0372. The molecule has 2 atom stereocenters. The Labute approximate surface area is 95.1 Å². The lowest BCUT2D eigenvalue weighted by molar-refractivity contribution is -0.147. The molecule has 2 amide bonds. The van der Waals surface area contributed by atoms with Crippen molar-refractivity contribution >= 4 is 11.8 Å². The first-order valence-electron chi connectivity index (χ1n) is 5.72. The highest BCUT2D eigenvalue weighted by Gasteiger charge is 2.43. The zero-order valence-electron chi connectivity index (χ0n) is 9.73. The molecule has 2 fully saturated rings. The van der Waals surface area contributed by atoms with E-state index in [1.54, 1.807) is 12.0 Å². The zero-order valence-corrected chi connectivity index (χ0v) is 9.73. The third kappa shape index (κ3) is 2.19. The van der Waals surface area contributed by atoms with Gasteiger partial charge in [0.1, 0.15) is 6.04 Å². The van der Waals surface area contributed by atoms with Crippen LogP contribution in [0.2, 0.25) is 0 Å². The first-order chi connectivity index (χ1) is 7.63. The number of nitrogens with zero attached hydrogens (tertiary/aromatic N) is 1. The SMILES string of the molecule is COCC(C)N1CC(=O)NC(C2CC2)C1=O. The summed E-state index contributed by atoms with van der Waals surface area (Å²) in [5.41, 5.74) is 0. The lowest BCUT2D eigenvalue weighted by Gasteiger charge is -2.36. The highest BCUT2D eigenvalue weighted by Crippen LogP contribution is 2.34. The molecule has 0 bridgehead atoms. The fourth-order valence-corrected chi connectivity index (χ4v) is 2.15. The number of rotatable bonds is 4. The molecule has 0 spiro atoms. The van der Waals surface area contributed by atoms with Gasteiger partial charge in [-0.25, -0.2) is 0 Å². The van der Waals surface area contributed by atoms with Gasteiger partial charge >= 0.3 is 0 Å². The molecular formula is C11H18N2O3. The van der Waals surface area contributed by atoms with E-state index < -0.39 is 0 Å². The Morgan fingerprint density at radius 1 is 1.50 bits per heavy atom. The fourth-order valence-electron chi connectivity index (χ4n) is 2.15. The van der Waals surface area contributed by atoms with Gasteiger partial charge in [-0.3, -0.25) is 9.59 Å². The molecular weight excluding hydrogens is 208 g/mol. The summed E-state index contributed by atoms with van der Waals surface area (Å²) >= 11 is 0. The van der Waals surface area contributed by atoms with Gasteiger partial charge in [-0.05, 0) is 25.7 Å². The van der Waals surface area contributed by atoms with E-state index in [0.29, 0.717) is 12.5 Å². The topological polar surface area (TPSA) is 58.6 Å². The Hall–Kier alpha value is -1.10. The van der Waals surface area contributed by atoms with Gasteiger partial charge in [0.25, 0.3) is 0 Å². The lowest BCUT2D eigenvalue weighted by Crippen LogP contribution is -2.61. The Kier molecular flexibility index (Phi) is 3.14. The number of carbonyl (C=O) groups excluding carboxylic acids is 2. The molecule has 5 nitrogen and oxygen atoms in total. The number of ether oxygens (including phenoxy) is 1. The smallest absolute Gasteiger partial charge is 0.246 e. The third-order valence-electron chi connectivity index (χ3n) is 3.21. The molecule has 1 heterocycles. The van der Waals surface area contributed by atoms with E-state index in [2.05, 4.69) is 5.32 Å². The quantitative estimate of drug-likeness (QED) is 0.719. The Bertz CT molecular complexity index is 302. The van der Waals surface area contributed by atoms with E-state index in [1.807, 2.05) is 6.92 Å². The van der Waals surface area contributed by atoms with Crippen molar-refractivity contribution in [2.24, 2.45) is 5.92 Å². The molecule has 2 rings (SSSR count). The Morgan fingerprint density at radius 3 is 2.75 bits per heavy atom. The second-order valence-electron chi connectivity index (χ2n) is 4.65. The molecule has 0 aromatic carbocycles. The van der Waals surface area contributed by atoms with Crippen molar-refractivity contribution in [2.75, 3.05) is 20.3 Å². The molecule has 5 heteroatoms. The van der Waals surface area contributed by atoms with Gasteiger partial charge in [0.2, 0.25) is 11.8 Å². The second-order valence-corrected chi connectivity index (χ2v) is 4.65. The average molecular weight is 226 g/mol. The molecule has 2 unspecified atom stereocenters. The number of hydrogen-bond acceptors (Lipinski definition) is 3. The van der Waals surface area contributed by atoms with Gasteiger partial charge < -0.3 is 15.0 Å². The maximum atomic E-state index is 12.1. The second kappa shape index (κ2) is 4.41. The number of hydrogen-bond donors (Lipinski definition) is 1. The van der Waals surface area contributed by atoms with Crippen molar-refractivity contribution in [3.63, 3.8) is 0 Å². The van der Waals surface area contributed by atoms with E-state index in [9.17, 15) is 9.59 Å². The van der Waals surface area contributed by atoms with Crippen LogP contribution in [0.4, 0.5) is 0 Å². The normalized spacial score (nSPS) is 27.9. The predicted molar refractivity (Wildman–Crippen MR) is 57.7 cm³/mol. The number of carbonyl (C=O) groups is 2. The molecule has 1 aliphatic carbocycles. The molecule has 2 aliphatic rings. The van der Waals surface area contributed by atoms with Crippen LogP contribution in [0.1, 0.15) is 19.8 Å². The third-order valence-corrected chi connectivity index (χ3v) is 3.21. The number of piperazine rings is 1. The van der Waals surface area contributed by atoms with Gasteiger partial charge in [-0.15, -0.1) is 0 Å². The van der Waals surface area contributed by atoms with Crippen LogP contribution in [0.3, 0.4) is 0 Å². The van der Waals surface area contributed by atoms with Crippen LogP contribution in [0.5, 0.6) is 0 Å². The first-order valence-corrected chi connectivity index (χ1v) is 5.72. The summed E-state index contributed by atoms with van der Waals surface area (Å²) in [6.07, 6.45) is 2.09. The average Bonchev–Trinajstić information content (AvgIpc) is 3.05. The fraction of sp³-hybridized carbons (Fsp3) is 0.818. The summed E-state index contributed by atoms with van der Waals surface area (Å²) in [5, 5.41) is 2.78. The largest absolute Gasteiger partial charge is 0.383 e. The summed E-state index contributed by atoms with van der Waals surface area (Å²) in [5.74, 6) is 0.347. The molecule has 1 saturated carbocycles. The standard InChI is InChI=1S/C11H18N2O3/c1-7(6-16-2)13-5-9(14)12-10(11(13)15)8-3-4-8/h7-8,10H,3-6H2,1-2H3,(H,12,14). The van der Waals surface area contributed by atoms with E-state index in [1.165, 1.54) is 0 Å². The molecule has 1 aliphatic heterocycles. The van der Waals surface area contributed by atoms with Crippen molar-refractivity contribution in [1.82, 2.24) is 10.2 Å². The van der Waals surface area contributed by atoms with Crippen molar-refractivity contribution in [1.29, 1.82) is 0 Å². The maximum absolute atomic E-state index is 12.1. The van der Waals surface area contributed by atoms with Gasteiger partial charge in [0.15, 0.2) is 0 Å². The summed E-state index contributed by atoms with van der Waals surface area (Å²) < 4.78 is 5.03. The highest BCUT2D eigenvalue weighted by atomic mass is 16.5. The molecule has 1 N–H and O–H groups in total. The predicted octanol–water partition coefficient (Wildman–Crippen LogP) is -0.242. The Balaban J connectivity index is 2.05. The first kappa shape index (κ1) is 11.4. The molecule has 1 saturated heterocycles. The lowest BCUT2D eigenvalue weighted by atomic mass is 10.1. The van der Waals surface area contributed by atoms with Crippen LogP contribution in [0.15, 0.2) is 0 Å². The van der Waals surface area contributed by atoms with Gasteiger partial charge in [0, 0.05) is 7.11 Å². The van der Waals surface area contributed by atoms with Crippen LogP contribution in [-0.4, -0.2) is 49.1 Å². The highest BCUT2D eigenvalue weighted by molar-refractivity contribution is 5.95. The van der Waals surface area contributed by atoms with Crippen LogP contribution >= 0.6 is 0 Å². The van der Waals surface area contributed by atoms with Gasteiger partial charge in [0.05, 0.1) is 19.2 Å². The van der Waals surface area contributed by atoms with Crippen molar-refractivity contribution in [2.45, 2.75) is 31.8 Å². The van der Waals surface area contributed by atoms with Crippen LogP contribution < -0.4 is 5.32 Å². The monoisotopic (exact) mass is 226 g/mol. The maximum Gasteiger partial charge on any atom is 0.246 e. The van der Waals surface area contributed by atoms with E-state index >= 15 is 0 Å². The van der Waals surface area contributed by atoms with Gasteiger partial charge in [-0.2, -0.15) is 0 Å².